The van der Waals surface area contributed by atoms with E-state index in [2.05, 4.69) is 59.7 Å². The minimum absolute atomic E-state index is 0.768. The lowest BCUT2D eigenvalue weighted by atomic mass is 9.12. The molecule has 5 aromatic rings. The maximum absolute atomic E-state index is 15.4. The number of halogens is 20. The Morgan fingerprint density at radius 1 is 0.333 bits per heavy atom. The van der Waals surface area contributed by atoms with Gasteiger partial charge in [-0.1, -0.05) is 57.0 Å². The first-order valence-electron chi connectivity index (χ1n) is 18.2. The molecule has 5 aromatic carbocycles. The first-order valence-corrected chi connectivity index (χ1v) is 18.2. The Kier molecular flexibility index (Phi) is 15.1. The highest BCUT2D eigenvalue weighted by atomic mass is 19.2. The van der Waals surface area contributed by atoms with Crippen LogP contribution >= 0.6 is 0 Å². The molecule has 0 aromatic heterocycles. The van der Waals surface area contributed by atoms with Gasteiger partial charge >= 0.3 is 0 Å². The average molecular weight is 927 g/mol. The van der Waals surface area contributed by atoms with Crippen LogP contribution in [0.4, 0.5) is 87.8 Å². The molecule has 342 valence electrons. The summed E-state index contributed by atoms with van der Waals surface area (Å²) in [5, 5.41) is 0. The van der Waals surface area contributed by atoms with Crippen molar-refractivity contribution in [3.05, 3.63) is 151 Å². The Bertz CT molecular complexity index is 2180. The molecule has 0 heterocycles. The summed E-state index contributed by atoms with van der Waals surface area (Å²) in [6.07, 6.45) is -7.22. The molecule has 0 aliphatic rings. The van der Waals surface area contributed by atoms with Crippen LogP contribution in [0.2, 0.25) is 0 Å². The van der Waals surface area contributed by atoms with Crippen molar-refractivity contribution in [1.82, 2.24) is 0 Å². The van der Waals surface area contributed by atoms with Gasteiger partial charge in [-0.25, -0.2) is 87.8 Å². The van der Waals surface area contributed by atoms with Crippen molar-refractivity contribution in [1.29, 1.82) is 0 Å². The predicted octanol–water partition coefficient (Wildman–Crippen LogP) is 8.85. The van der Waals surface area contributed by atoms with Crippen molar-refractivity contribution in [3.63, 3.8) is 0 Å². The molecule has 5 rings (SSSR count). The van der Waals surface area contributed by atoms with Crippen molar-refractivity contribution in [3.8, 4) is 0 Å². The fourth-order valence-electron chi connectivity index (χ4n) is 7.72. The smallest absolute Gasteiger partial charge is 0.200 e. The second kappa shape index (κ2) is 18.8. The van der Waals surface area contributed by atoms with Crippen molar-refractivity contribution in [2.45, 2.75) is 48.1 Å². The van der Waals surface area contributed by atoms with Gasteiger partial charge in [-0.2, -0.15) is 0 Å². The Labute approximate surface area is 344 Å². The second-order valence-corrected chi connectivity index (χ2v) is 15.4. The molecular weight excluding hydrogens is 897 g/mol. The van der Waals surface area contributed by atoms with Crippen LogP contribution in [-0.2, 0) is 6.54 Å². The summed E-state index contributed by atoms with van der Waals surface area (Å²) in [6.45, 7) is 17.4. The van der Waals surface area contributed by atoms with E-state index >= 15 is 35.1 Å². The molecule has 0 saturated carbocycles. The minimum atomic E-state index is -7.22. The quantitative estimate of drug-likeness (QED) is 0.0619. The highest BCUT2D eigenvalue weighted by Crippen LogP contribution is 2.30. The van der Waals surface area contributed by atoms with E-state index in [1.165, 1.54) is 36.3 Å². The van der Waals surface area contributed by atoms with Crippen LogP contribution in [0.5, 0.6) is 0 Å². The van der Waals surface area contributed by atoms with Crippen LogP contribution in [-0.4, -0.2) is 19.2 Å². The summed E-state index contributed by atoms with van der Waals surface area (Å²) in [5.74, 6) is -69.9. The standard InChI is InChI=1S/C24BF20.C17H29N/c26-5-1(6(27)14(35)21(42)13(5)34)25(2-7(28)15(36)22(43)16(37)8(2)29,3-9(30)17(38)23(44)18(39)10(3)31)4-11(32)19(40)24(45)20(41)12(4)33;1-13(2)10-18(11-14(3)4)12-17-8-15(5)7-16(6)9-17/h;7-9,13-14H,10-12H2,1-6H3/q-1;/p+1. The second-order valence-electron chi connectivity index (χ2n) is 15.4. The third-order valence-electron chi connectivity index (χ3n) is 9.84. The van der Waals surface area contributed by atoms with E-state index in [0.717, 1.165) is 11.8 Å². The molecule has 0 aliphatic carbocycles. The largest absolute Gasteiger partial charge is 0.331 e. The van der Waals surface area contributed by atoms with E-state index < -0.39 is 144 Å². The van der Waals surface area contributed by atoms with Crippen molar-refractivity contribution < 1.29 is 92.7 Å². The fraction of sp³-hybridized carbons (Fsp3) is 0.268. The van der Waals surface area contributed by atoms with Gasteiger partial charge in [0.25, 0.3) is 0 Å². The molecule has 0 fully saturated rings. The van der Waals surface area contributed by atoms with Gasteiger partial charge < -0.3 is 4.90 Å². The molecule has 0 atom stereocenters. The van der Waals surface area contributed by atoms with Gasteiger partial charge in [0.2, 0.25) is 0 Å². The molecule has 0 amide bonds. The van der Waals surface area contributed by atoms with Crippen molar-refractivity contribution in [2.75, 3.05) is 13.1 Å². The van der Waals surface area contributed by atoms with Gasteiger partial charge in [0.15, 0.2) is 69.8 Å². The number of benzene rings is 5. The third kappa shape index (κ3) is 8.83. The first-order chi connectivity index (χ1) is 29.1. The normalized spacial score (nSPS) is 12.0. The van der Waals surface area contributed by atoms with E-state index in [1.54, 1.807) is 4.90 Å². The zero-order valence-electron chi connectivity index (χ0n) is 33.1. The van der Waals surface area contributed by atoms with E-state index in [-0.39, 0.29) is 0 Å². The van der Waals surface area contributed by atoms with E-state index in [1.807, 2.05) is 0 Å². The molecule has 0 saturated heterocycles. The molecule has 22 heteroatoms. The van der Waals surface area contributed by atoms with Gasteiger partial charge in [0, 0.05) is 17.4 Å². The van der Waals surface area contributed by atoms with Gasteiger partial charge in [-0.15, -0.1) is 21.9 Å². The van der Waals surface area contributed by atoms with Crippen LogP contribution in [0, 0.1) is 142 Å². The zero-order chi connectivity index (χ0) is 48.1. The van der Waals surface area contributed by atoms with E-state index in [9.17, 15) is 52.7 Å². The molecular formula is C41H30BF20N. The summed E-state index contributed by atoms with van der Waals surface area (Å²) >= 11 is 0. The Balaban J connectivity index is 0.000000405. The Morgan fingerprint density at radius 3 is 0.714 bits per heavy atom. The lowest BCUT2D eigenvalue weighted by Gasteiger charge is -2.44. The Morgan fingerprint density at radius 2 is 0.524 bits per heavy atom. The topological polar surface area (TPSA) is 4.44 Å². The summed E-state index contributed by atoms with van der Waals surface area (Å²) in [4.78, 5) is 1.71. The first kappa shape index (κ1) is 50.4. The monoisotopic (exact) mass is 927 g/mol. The SMILES string of the molecule is Cc1cc(C)cc(C[NH+](CC(C)C)CC(C)C)c1.Fc1c(F)c(F)c([B-](c2c(F)c(F)c(F)c(F)c2F)(c2c(F)c(F)c(F)c(F)c2F)c2c(F)c(F)c(F)c(F)c2F)c(F)c1F. The Hall–Kier alpha value is -5.28. The summed E-state index contributed by atoms with van der Waals surface area (Å²) < 4.78 is 294. The number of rotatable bonds is 10. The van der Waals surface area contributed by atoms with Gasteiger partial charge in [0.05, 0.1) is 13.1 Å². The summed E-state index contributed by atoms with van der Waals surface area (Å²) in [6, 6.07) is 6.94. The lowest BCUT2D eigenvalue weighted by Crippen LogP contribution is -3.11. The maximum atomic E-state index is 15.4. The molecule has 1 N–H and O–H groups in total. The van der Waals surface area contributed by atoms with Crippen LogP contribution in [0.15, 0.2) is 18.2 Å². The maximum Gasteiger partial charge on any atom is 0.200 e. The number of aryl methyl sites for hydroxylation is 2. The van der Waals surface area contributed by atoms with Crippen LogP contribution in [0.25, 0.3) is 0 Å². The fourth-order valence-corrected chi connectivity index (χ4v) is 7.72. The molecule has 0 radical (unpaired) electrons. The molecule has 0 unspecified atom stereocenters. The number of hydrogen-bond donors (Lipinski definition) is 1. The number of hydrogen-bond acceptors (Lipinski definition) is 0. The highest BCUT2D eigenvalue weighted by molar-refractivity contribution is 7.20. The highest BCUT2D eigenvalue weighted by Gasteiger charge is 2.52. The number of quaternary nitrogens is 1. The van der Waals surface area contributed by atoms with Crippen LogP contribution < -0.4 is 26.8 Å². The van der Waals surface area contributed by atoms with Crippen LogP contribution in [0.3, 0.4) is 0 Å². The van der Waals surface area contributed by atoms with E-state index in [4.69, 9.17) is 0 Å². The molecule has 0 spiro atoms. The van der Waals surface area contributed by atoms with Gasteiger partial charge in [0.1, 0.15) is 59.2 Å². The predicted molar refractivity (Wildman–Crippen MR) is 189 cm³/mol. The van der Waals surface area contributed by atoms with Crippen LogP contribution in [0.1, 0.15) is 44.4 Å². The summed E-state index contributed by atoms with van der Waals surface area (Å²) in [7, 11) is 0. The molecule has 63 heavy (non-hydrogen) atoms. The van der Waals surface area contributed by atoms with Crippen molar-refractivity contribution >= 4 is 28.0 Å². The van der Waals surface area contributed by atoms with Crippen molar-refractivity contribution in [2.24, 2.45) is 11.8 Å². The third-order valence-corrected chi connectivity index (χ3v) is 9.84. The van der Waals surface area contributed by atoms with E-state index in [0.29, 0.717) is 0 Å². The lowest BCUT2D eigenvalue weighted by molar-refractivity contribution is -0.919. The van der Waals surface area contributed by atoms with Gasteiger partial charge in [-0.3, -0.25) is 0 Å². The minimum Gasteiger partial charge on any atom is -0.331 e. The molecule has 0 bridgehead atoms. The average Bonchev–Trinajstić information content (AvgIpc) is 3.20. The molecule has 1 nitrogen and oxygen atoms in total. The zero-order valence-corrected chi connectivity index (χ0v) is 33.1. The molecule has 0 aliphatic heterocycles. The van der Waals surface area contributed by atoms with Gasteiger partial charge in [-0.05, 0) is 13.8 Å². The number of nitrogens with one attached hydrogen (secondary N) is 1. The summed E-state index contributed by atoms with van der Waals surface area (Å²) in [5.41, 5.74) is -10.1.